The molecule has 0 radical (unpaired) electrons. The van der Waals surface area contributed by atoms with E-state index in [4.69, 9.17) is 18.6 Å². The monoisotopic (exact) mass is 544 g/mol. The van der Waals surface area contributed by atoms with E-state index in [1.54, 1.807) is 0 Å². The Morgan fingerprint density at radius 3 is 1.56 bits per heavy atom. The molecule has 0 bridgehead atoms. The summed E-state index contributed by atoms with van der Waals surface area (Å²) in [6.45, 7) is 4.19. The summed E-state index contributed by atoms with van der Waals surface area (Å²) in [5, 5.41) is 18.4. The van der Waals surface area contributed by atoms with Crippen molar-refractivity contribution in [2.45, 2.75) is 102 Å². The predicted octanol–water partition coefficient (Wildman–Crippen LogP) is 4.28. The molecule has 202 valence electrons. The Balaban J connectivity index is 0.000000278. The van der Waals surface area contributed by atoms with E-state index in [-0.39, 0.29) is 16.5 Å². The van der Waals surface area contributed by atoms with E-state index in [9.17, 15) is 0 Å². The molecule has 4 rings (SSSR count). The fraction of sp³-hybridized carbons (Fsp3) is 0.833. The van der Waals surface area contributed by atoms with E-state index in [0.717, 1.165) is 32.6 Å². The fourth-order valence-electron chi connectivity index (χ4n) is 4.60. The topological polar surface area (TPSA) is 140 Å². The molecule has 4 heterocycles. The van der Waals surface area contributed by atoms with Gasteiger partial charge in [0.25, 0.3) is 0 Å². The van der Waals surface area contributed by atoms with Gasteiger partial charge in [0.15, 0.2) is 0 Å². The molecule has 0 aromatic carbocycles. The Bertz CT molecular complexity index is 536. The first-order valence-corrected chi connectivity index (χ1v) is 13.9. The van der Waals surface area contributed by atoms with Crippen molar-refractivity contribution < 1.29 is 45.4 Å². The zero-order valence-electron chi connectivity index (χ0n) is 20.2. The third-order valence-corrected chi connectivity index (χ3v) is 6.39. The molecule has 0 amide bonds. The number of allylic oxidation sites excluding steroid dienone is 3. The maximum absolute atomic E-state index is 8.83. The summed E-state index contributed by atoms with van der Waals surface area (Å²) < 4.78 is 30.2. The van der Waals surface area contributed by atoms with Gasteiger partial charge in [0.1, 0.15) is 0 Å². The number of hydrogen-bond acceptors (Lipinski definition) is 4. The summed E-state index contributed by atoms with van der Waals surface area (Å²) in [6, 6.07) is 1.98. The Morgan fingerprint density at radius 2 is 1.21 bits per heavy atom. The molecular formula is C24H43ClN4NiO4-2. The van der Waals surface area contributed by atoms with E-state index in [0.29, 0.717) is 18.1 Å². The SMILES string of the molecule is C1=CC[N-]C(CCC2CCCC[N-]2)=C1.C1CCC(CCC2CCCC[N-]2)[N-]C1.[Ni+2].[O-][Cl+](O)(O)O. The Labute approximate surface area is 218 Å². The molecular weight excluding hydrogens is 502 g/mol. The first kappa shape index (κ1) is 31.8. The minimum absolute atomic E-state index is 0. The predicted molar refractivity (Wildman–Crippen MR) is 128 cm³/mol. The van der Waals surface area contributed by atoms with Gasteiger partial charge in [-0.3, -0.25) is 0 Å². The summed E-state index contributed by atoms with van der Waals surface area (Å²) in [5.74, 6) is 0. The van der Waals surface area contributed by atoms with Crippen molar-refractivity contribution in [3.8, 4) is 0 Å². The van der Waals surface area contributed by atoms with Crippen LogP contribution in [0.3, 0.4) is 0 Å². The molecule has 3 saturated heterocycles. The number of hydrogen-bond donors (Lipinski definition) is 3. The standard InChI is InChI=1S/C12H22N2.C12H18N2.ClH3O4.Ni/c2*1-3-9-13-11(5-1)7-8-12-6-2-4-10-14-12;2-1(3,4)5;/h11-12H,1-10H2;1,3,5,12H,2,4,6-10H2;2-4H;/q2*-2;;+2. The number of nitrogens with zero attached hydrogens (tertiary/aromatic N) is 4. The number of halogens is 1. The molecule has 0 spiro atoms. The summed E-state index contributed by atoms with van der Waals surface area (Å²) in [5.41, 5.74) is 1.26. The van der Waals surface area contributed by atoms with Crippen LogP contribution in [-0.2, 0) is 16.5 Å². The fourth-order valence-corrected chi connectivity index (χ4v) is 4.60. The third kappa shape index (κ3) is 17.3. The van der Waals surface area contributed by atoms with Gasteiger partial charge >= 0.3 is 45.4 Å². The Hall–Kier alpha value is -0.216. The molecule has 3 fully saturated rings. The van der Waals surface area contributed by atoms with Crippen molar-refractivity contribution in [3.63, 3.8) is 0 Å². The van der Waals surface area contributed by atoms with E-state index in [1.807, 2.05) is 0 Å². The second-order valence-corrected chi connectivity index (χ2v) is 10.0. The number of piperidine rings is 3. The van der Waals surface area contributed by atoms with Gasteiger partial charge in [0, 0.05) is 0 Å². The van der Waals surface area contributed by atoms with E-state index < -0.39 is 10.2 Å². The molecule has 3 unspecified atom stereocenters. The van der Waals surface area contributed by atoms with Crippen LogP contribution in [-0.4, -0.2) is 58.3 Å². The Morgan fingerprint density at radius 1 is 0.765 bits per heavy atom. The molecule has 0 aromatic heterocycles. The van der Waals surface area contributed by atoms with Gasteiger partial charge in [-0.05, 0) is 0 Å². The minimum atomic E-state index is -4.19. The molecule has 3 atom stereocenters. The van der Waals surface area contributed by atoms with Crippen molar-refractivity contribution in [2.75, 3.05) is 26.2 Å². The van der Waals surface area contributed by atoms with Crippen LogP contribution in [0, 0.1) is 10.2 Å². The van der Waals surface area contributed by atoms with Crippen LogP contribution in [0.25, 0.3) is 21.3 Å². The van der Waals surface area contributed by atoms with Crippen molar-refractivity contribution in [1.82, 2.24) is 0 Å². The second kappa shape index (κ2) is 19.0. The van der Waals surface area contributed by atoms with Gasteiger partial charge in [0.2, 0.25) is 0 Å². The number of rotatable bonds is 6. The molecule has 10 heteroatoms. The van der Waals surface area contributed by atoms with Crippen molar-refractivity contribution in [2.24, 2.45) is 0 Å². The molecule has 0 aromatic rings. The summed E-state index contributed by atoms with van der Waals surface area (Å²) in [6.07, 6.45) is 23.3. The zero-order valence-corrected chi connectivity index (χ0v) is 22.0. The molecule has 8 nitrogen and oxygen atoms in total. The van der Waals surface area contributed by atoms with Crippen LogP contribution >= 0.6 is 0 Å². The van der Waals surface area contributed by atoms with Crippen LogP contribution in [0.4, 0.5) is 0 Å². The van der Waals surface area contributed by atoms with E-state index >= 15 is 0 Å². The van der Waals surface area contributed by atoms with Gasteiger partial charge in [-0.1, -0.05) is 95.6 Å². The van der Waals surface area contributed by atoms with Crippen LogP contribution in [0.1, 0.15) is 83.5 Å². The molecule has 4 aliphatic heterocycles. The van der Waals surface area contributed by atoms with Crippen LogP contribution in [0.15, 0.2) is 23.9 Å². The first-order chi connectivity index (χ1) is 15.9. The quantitative estimate of drug-likeness (QED) is 0.429. The molecule has 0 aliphatic carbocycles. The van der Waals surface area contributed by atoms with Gasteiger partial charge in [-0.15, -0.1) is 50.4 Å². The van der Waals surface area contributed by atoms with Gasteiger partial charge < -0.3 is 21.3 Å². The molecule has 0 saturated carbocycles. The van der Waals surface area contributed by atoms with Gasteiger partial charge in [-0.2, -0.15) is 5.70 Å². The van der Waals surface area contributed by atoms with Gasteiger partial charge in [-0.25, -0.2) is 0 Å². The summed E-state index contributed by atoms with van der Waals surface area (Å²) in [4.78, 5) is 0. The van der Waals surface area contributed by atoms with E-state index in [1.165, 1.54) is 82.7 Å². The van der Waals surface area contributed by atoms with Crippen molar-refractivity contribution in [1.29, 1.82) is 0 Å². The average Bonchev–Trinajstić information content (AvgIpc) is 2.84. The summed E-state index contributed by atoms with van der Waals surface area (Å²) >= 11 is 0. The van der Waals surface area contributed by atoms with E-state index in [2.05, 4.69) is 39.5 Å². The molecule has 3 N–H and O–H groups in total. The summed E-state index contributed by atoms with van der Waals surface area (Å²) in [7, 11) is -4.19. The van der Waals surface area contributed by atoms with Crippen molar-refractivity contribution in [3.05, 3.63) is 45.2 Å². The van der Waals surface area contributed by atoms with Gasteiger partial charge in [0.05, 0.1) is 0 Å². The second-order valence-electron chi connectivity index (χ2n) is 9.14. The molecule has 4 aliphatic rings. The average molecular weight is 546 g/mol. The Kier molecular flexibility index (Phi) is 17.7. The van der Waals surface area contributed by atoms with Crippen molar-refractivity contribution >= 4 is 0 Å². The first-order valence-electron chi connectivity index (χ1n) is 12.6. The maximum atomic E-state index is 8.83. The van der Waals surface area contributed by atoms with Crippen LogP contribution in [0.2, 0.25) is 0 Å². The zero-order chi connectivity index (χ0) is 23.8. The van der Waals surface area contributed by atoms with Crippen LogP contribution in [0.5, 0.6) is 0 Å². The normalized spacial score (nSPS) is 27.4. The molecule has 34 heavy (non-hydrogen) atoms. The third-order valence-electron chi connectivity index (χ3n) is 6.39. The van der Waals surface area contributed by atoms with Crippen LogP contribution < -0.4 is 4.66 Å².